The van der Waals surface area contributed by atoms with Gasteiger partial charge in [0.25, 0.3) is 0 Å². The molecule has 2 saturated heterocycles. The van der Waals surface area contributed by atoms with Crippen molar-refractivity contribution in [3.63, 3.8) is 0 Å². The fourth-order valence-corrected chi connectivity index (χ4v) is 4.70. The van der Waals surface area contributed by atoms with Crippen molar-refractivity contribution in [2.24, 2.45) is 18.0 Å². The molecule has 2 atom stereocenters. The van der Waals surface area contributed by atoms with Crippen LogP contribution < -0.4 is 5.32 Å². The van der Waals surface area contributed by atoms with Crippen molar-refractivity contribution >= 4 is 29.9 Å². The molecule has 2 unspecified atom stereocenters. The smallest absolute Gasteiger partial charge is 0.194 e. The molecule has 1 aromatic carbocycles. The summed E-state index contributed by atoms with van der Waals surface area (Å²) in [6.45, 7) is 10.7. The molecule has 2 aromatic rings. The maximum absolute atomic E-state index is 6.05. The van der Waals surface area contributed by atoms with Crippen molar-refractivity contribution in [1.29, 1.82) is 0 Å². The first-order chi connectivity index (χ1) is 15.6. The Morgan fingerprint density at radius 1 is 1.21 bits per heavy atom. The van der Waals surface area contributed by atoms with Gasteiger partial charge >= 0.3 is 0 Å². The van der Waals surface area contributed by atoms with Crippen LogP contribution >= 0.6 is 24.0 Å². The van der Waals surface area contributed by atoms with E-state index in [0.717, 1.165) is 56.7 Å². The Morgan fingerprint density at radius 3 is 2.64 bits per heavy atom. The Balaban J connectivity index is 0.00000306. The number of hydrogen-bond acceptors (Lipinski definition) is 4. The van der Waals surface area contributed by atoms with Crippen LogP contribution in [-0.4, -0.2) is 71.4 Å². The number of rotatable bonds is 6. The molecular formula is C25H39IN6O. The van der Waals surface area contributed by atoms with Gasteiger partial charge in [0.2, 0.25) is 0 Å². The zero-order valence-electron chi connectivity index (χ0n) is 20.2. The second-order valence-electron chi connectivity index (χ2n) is 9.09. The number of piperidine rings is 1. The zero-order valence-corrected chi connectivity index (χ0v) is 22.5. The van der Waals surface area contributed by atoms with E-state index in [1.165, 1.54) is 18.4 Å². The van der Waals surface area contributed by atoms with Crippen molar-refractivity contribution in [3.8, 4) is 0 Å². The Morgan fingerprint density at radius 2 is 1.97 bits per heavy atom. The van der Waals surface area contributed by atoms with Crippen LogP contribution in [0, 0.1) is 5.92 Å². The number of benzene rings is 1. The second kappa shape index (κ2) is 12.7. The van der Waals surface area contributed by atoms with E-state index in [9.17, 15) is 0 Å². The number of aromatic nitrogens is 2. The summed E-state index contributed by atoms with van der Waals surface area (Å²) in [5, 5.41) is 7.84. The first-order valence-electron chi connectivity index (χ1n) is 12.1. The molecule has 7 nitrogen and oxygen atoms in total. The van der Waals surface area contributed by atoms with Gasteiger partial charge in [-0.2, -0.15) is 5.10 Å². The molecule has 33 heavy (non-hydrogen) atoms. The Hall–Kier alpha value is -1.65. The summed E-state index contributed by atoms with van der Waals surface area (Å²) in [5.74, 6) is 1.80. The minimum absolute atomic E-state index is 0. The molecule has 0 saturated carbocycles. The average molecular weight is 567 g/mol. The molecule has 2 aliphatic heterocycles. The molecule has 8 heteroatoms. The van der Waals surface area contributed by atoms with Crippen molar-refractivity contribution in [2.75, 3.05) is 45.9 Å². The standard InChI is InChI=1S/C25H38N6O.HI/c1-4-26-25(31-14-15-32-24(19-31)22-16-28-29(3)18-22)27-17-23(21-8-6-5-7-9-21)30-12-10-20(2)11-13-30;/h5-9,16,18,20,23-24H,4,10-15,17,19H2,1-3H3,(H,26,27);1H. The van der Waals surface area contributed by atoms with Gasteiger partial charge in [-0.3, -0.25) is 14.6 Å². The number of guanidine groups is 1. The van der Waals surface area contributed by atoms with Crippen molar-refractivity contribution in [1.82, 2.24) is 24.9 Å². The van der Waals surface area contributed by atoms with Crippen LogP contribution in [0.2, 0.25) is 0 Å². The number of hydrogen-bond donors (Lipinski definition) is 1. The molecule has 0 aliphatic carbocycles. The third-order valence-corrected chi connectivity index (χ3v) is 6.65. The second-order valence-corrected chi connectivity index (χ2v) is 9.09. The predicted octanol–water partition coefficient (Wildman–Crippen LogP) is 3.85. The predicted molar refractivity (Wildman–Crippen MR) is 144 cm³/mol. The molecule has 1 aromatic heterocycles. The van der Waals surface area contributed by atoms with E-state index in [2.05, 4.69) is 64.4 Å². The van der Waals surface area contributed by atoms with Gasteiger partial charge in [-0.15, -0.1) is 24.0 Å². The monoisotopic (exact) mass is 566 g/mol. The molecule has 2 aliphatic rings. The third-order valence-electron chi connectivity index (χ3n) is 6.65. The molecule has 0 spiro atoms. The third kappa shape index (κ3) is 6.93. The quantitative estimate of drug-likeness (QED) is 0.327. The summed E-state index contributed by atoms with van der Waals surface area (Å²) in [4.78, 5) is 10.1. The number of likely N-dealkylation sites (tertiary alicyclic amines) is 1. The summed E-state index contributed by atoms with van der Waals surface area (Å²) in [5.41, 5.74) is 2.48. The summed E-state index contributed by atoms with van der Waals surface area (Å²) in [7, 11) is 1.95. The number of morpholine rings is 1. The number of nitrogens with zero attached hydrogens (tertiary/aromatic N) is 5. The maximum atomic E-state index is 6.05. The van der Waals surface area contributed by atoms with Crippen molar-refractivity contribution < 1.29 is 4.74 Å². The van der Waals surface area contributed by atoms with Gasteiger partial charge in [0.15, 0.2) is 5.96 Å². The molecule has 2 fully saturated rings. The lowest BCUT2D eigenvalue weighted by atomic mass is 9.96. The van der Waals surface area contributed by atoms with E-state index in [0.29, 0.717) is 12.6 Å². The van der Waals surface area contributed by atoms with Gasteiger partial charge in [0.1, 0.15) is 6.10 Å². The van der Waals surface area contributed by atoms with E-state index < -0.39 is 0 Å². The van der Waals surface area contributed by atoms with Crippen LogP contribution in [0.25, 0.3) is 0 Å². The highest BCUT2D eigenvalue weighted by Gasteiger charge is 2.27. The number of ether oxygens (including phenoxy) is 1. The largest absolute Gasteiger partial charge is 0.370 e. The van der Waals surface area contributed by atoms with Gasteiger partial charge in [0.05, 0.1) is 31.9 Å². The topological polar surface area (TPSA) is 57.9 Å². The van der Waals surface area contributed by atoms with Crippen LogP contribution in [0.1, 0.15) is 50.0 Å². The van der Waals surface area contributed by atoms with Gasteiger partial charge < -0.3 is 15.0 Å². The number of aliphatic imine (C=N–C) groups is 1. The molecule has 0 bridgehead atoms. The lowest BCUT2D eigenvalue weighted by Gasteiger charge is -2.37. The summed E-state index contributed by atoms with van der Waals surface area (Å²) >= 11 is 0. The van der Waals surface area contributed by atoms with Gasteiger partial charge in [-0.05, 0) is 44.3 Å². The first-order valence-corrected chi connectivity index (χ1v) is 12.1. The molecular weight excluding hydrogens is 527 g/mol. The maximum Gasteiger partial charge on any atom is 0.194 e. The summed E-state index contributed by atoms with van der Waals surface area (Å²) in [6.07, 6.45) is 6.50. The molecule has 0 amide bonds. The van der Waals surface area contributed by atoms with E-state index in [1.807, 2.05) is 24.1 Å². The Labute approximate surface area is 215 Å². The molecule has 3 heterocycles. The SMILES string of the molecule is CCNC(=NCC(c1ccccc1)N1CCC(C)CC1)N1CCOC(c2cnn(C)c2)C1.I. The van der Waals surface area contributed by atoms with Crippen LogP contribution in [0.5, 0.6) is 0 Å². The van der Waals surface area contributed by atoms with Gasteiger partial charge in [-0.25, -0.2) is 0 Å². The minimum atomic E-state index is 0. The van der Waals surface area contributed by atoms with E-state index in [-0.39, 0.29) is 30.1 Å². The van der Waals surface area contributed by atoms with Gasteiger partial charge in [-0.1, -0.05) is 37.3 Å². The van der Waals surface area contributed by atoms with Gasteiger partial charge in [0, 0.05) is 31.9 Å². The van der Waals surface area contributed by atoms with Crippen LogP contribution in [0.4, 0.5) is 0 Å². The molecule has 4 rings (SSSR count). The lowest BCUT2D eigenvalue weighted by molar-refractivity contribution is -0.00810. The normalized spacial score (nSPS) is 21.5. The average Bonchev–Trinajstić information content (AvgIpc) is 3.27. The number of nitrogens with one attached hydrogen (secondary N) is 1. The first kappa shape index (κ1) is 26.0. The lowest BCUT2D eigenvalue weighted by Crippen LogP contribution is -2.48. The highest BCUT2D eigenvalue weighted by molar-refractivity contribution is 14.0. The zero-order chi connectivity index (χ0) is 22.3. The summed E-state index contributed by atoms with van der Waals surface area (Å²) in [6, 6.07) is 11.2. The Bertz CT molecular complexity index is 865. The highest BCUT2D eigenvalue weighted by Crippen LogP contribution is 2.27. The van der Waals surface area contributed by atoms with E-state index >= 15 is 0 Å². The van der Waals surface area contributed by atoms with Crippen LogP contribution in [0.3, 0.4) is 0 Å². The van der Waals surface area contributed by atoms with Crippen LogP contribution in [0.15, 0.2) is 47.7 Å². The number of halogens is 1. The summed E-state index contributed by atoms with van der Waals surface area (Å²) < 4.78 is 7.88. The highest BCUT2D eigenvalue weighted by atomic mass is 127. The van der Waals surface area contributed by atoms with Crippen molar-refractivity contribution in [3.05, 3.63) is 53.9 Å². The molecule has 1 N–H and O–H groups in total. The number of aryl methyl sites for hydroxylation is 1. The van der Waals surface area contributed by atoms with Crippen LogP contribution in [-0.2, 0) is 11.8 Å². The molecule has 0 radical (unpaired) electrons. The van der Waals surface area contributed by atoms with E-state index in [1.54, 1.807) is 0 Å². The van der Waals surface area contributed by atoms with E-state index in [4.69, 9.17) is 9.73 Å². The van der Waals surface area contributed by atoms with Crippen molar-refractivity contribution in [2.45, 2.75) is 38.8 Å². The molecule has 182 valence electrons. The fraction of sp³-hybridized carbons (Fsp3) is 0.600. The fourth-order valence-electron chi connectivity index (χ4n) is 4.70. The Kier molecular flexibility index (Phi) is 10.0. The minimum Gasteiger partial charge on any atom is -0.370 e.